The lowest BCUT2D eigenvalue weighted by molar-refractivity contribution is 0.0708. The van der Waals surface area contributed by atoms with E-state index in [-0.39, 0.29) is 17.5 Å². The van der Waals surface area contributed by atoms with Crippen molar-refractivity contribution in [1.82, 2.24) is 10.2 Å². The summed E-state index contributed by atoms with van der Waals surface area (Å²) in [6, 6.07) is 5.93. The molecule has 1 saturated heterocycles. The van der Waals surface area contributed by atoms with Gasteiger partial charge < -0.3 is 10.2 Å². The SMILES string of the molecule is C[C@@H]1CN(C(=O)c2cccc(C(F)F)c2)CCN1. The van der Waals surface area contributed by atoms with Crippen LogP contribution in [0.3, 0.4) is 0 Å². The number of halogens is 2. The smallest absolute Gasteiger partial charge is 0.263 e. The lowest BCUT2D eigenvalue weighted by atomic mass is 10.1. The van der Waals surface area contributed by atoms with Crippen molar-refractivity contribution in [3.05, 3.63) is 35.4 Å². The van der Waals surface area contributed by atoms with Crippen LogP contribution in [0.1, 0.15) is 29.3 Å². The van der Waals surface area contributed by atoms with Crippen LogP contribution in [-0.2, 0) is 0 Å². The minimum atomic E-state index is -2.54. The van der Waals surface area contributed by atoms with E-state index in [2.05, 4.69) is 5.32 Å². The van der Waals surface area contributed by atoms with Gasteiger partial charge in [0.2, 0.25) is 0 Å². The second-order valence-electron chi connectivity index (χ2n) is 4.53. The molecule has 0 aromatic heterocycles. The van der Waals surface area contributed by atoms with E-state index < -0.39 is 6.43 Å². The van der Waals surface area contributed by atoms with Gasteiger partial charge in [0.1, 0.15) is 0 Å². The molecular weight excluding hydrogens is 238 g/mol. The maximum Gasteiger partial charge on any atom is 0.263 e. The minimum Gasteiger partial charge on any atom is -0.336 e. The molecule has 1 aliphatic heterocycles. The van der Waals surface area contributed by atoms with Crippen molar-refractivity contribution in [2.45, 2.75) is 19.4 Å². The second-order valence-corrected chi connectivity index (χ2v) is 4.53. The molecule has 0 spiro atoms. The van der Waals surface area contributed by atoms with Gasteiger partial charge in [0.15, 0.2) is 0 Å². The third kappa shape index (κ3) is 2.85. The summed E-state index contributed by atoms with van der Waals surface area (Å²) in [5.41, 5.74) is 0.228. The van der Waals surface area contributed by atoms with Crippen molar-refractivity contribution in [1.29, 1.82) is 0 Å². The van der Waals surface area contributed by atoms with Gasteiger partial charge >= 0.3 is 0 Å². The highest BCUT2D eigenvalue weighted by Crippen LogP contribution is 2.20. The Morgan fingerprint density at radius 2 is 2.28 bits per heavy atom. The van der Waals surface area contributed by atoms with Crippen LogP contribution in [0.25, 0.3) is 0 Å². The molecule has 18 heavy (non-hydrogen) atoms. The molecule has 1 aromatic carbocycles. The molecule has 1 atom stereocenters. The van der Waals surface area contributed by atoms with Crippen molar-refractivity contribution in [3.63, 3.8) is 0 Å². The van der Waals surface area contributed by atoms with E-state index in [4.69, 9.17) is 0 Å². The van der Waals surface area contributed by atoms with Crippen molar-refractivity contribution in [2.75, 3.05) is 19.6 Å². The summed E-state index contributed by atoms with van der Waals surface area (Å²) in [6.45, 7) is 3.95. The third-order valence-electron chi connectivity index (χ3n) is 3.04. The Labute approximate surface area is 105 Å². The molecule has 3 nitrogen and oxygen atoms in total. The molecule has 0 bridgehead atoms. The number of hydrogen-bond acceptors (Lipinski definition) is 2. The minimum absolute atomic E-state index is 0.107. The van der Waals surface area contributed by atoms with Crippen LogP contribution in [0, 0.1) is 0 Å². The molecule has 1 aromatic rings. The molecule has 0 radical (unpaired) electrons. The fourth-order valence-corrected chi connectivity index (χ4v) is 2.11. The zero-order chi connectivity index (χ0) is 13.1. The highest BCUT2D eigenvalue weighted by Gasteiger charge is 2.22. The molecule has 5 heteroatoms. The predicted molar refractivity (Wildman–Crippen MR) is 64.8 cm³/mol. The predicted octanol–water partition coefficient (Wildman–Crippen LogP) is 2.06. The highest BCUT2D eigenvalue weighted by molar-refractivity contribution is 5.94. The Kier molecular flexibility index (Phi) is 3.91. The van der Waals surface area contributed by atoms with Crippen LogP contribution in [-0.4, -0.2) is 36.5 Å². The molecule has 1 amide bonds. The number of nitrogens with one attached hydrogen (secondary N) is 1. The van der Waals surface area contributed by atoms with Crippen LogP contribution >= 0.6 is 0 Å². The third-order valence-corrected chi connectivity index (χ3v) is 3.04. The van der Waals surface area contributed by atoms with E-state index in [1.807, 2.05) is 6.92 Å². The fourth-order valence-electron chi connectivity index (χ4n) is 2.11. The molecule has 2 rings (SSSR count). The first-order valence-corrected chi connectivity index (χ1v) is 5.98. The maximum absolute atomic E-state index is 12.6. The molecule has 0 aliphatic carbocycles. The molecule has 98 valence electrons. The first-order valence-electron chi connectivity index (χ1n) is 5.98. The Morgan fingerprint density at radius 3 is 2.94 bits per heavy atom. The number of rotatable bonds is 2. The summed E-state index contributed by atoms with van der Waals surface area (Å²) in [4.78, 5) is 13.9. The monoisotopic (exact) mass is 254 g/mol. The fraction of sp³-hybridized carbons (Fsp3) is 0.462. The summed E-state index contributed by atoms with van der Waals surface area (Å²) in [5.74, 6) is -0.175. The van der Waals surface area contributed by atoms with Gasteiger partial charge in [0.05, 0.1) is 0 Å². The van der Waals surface area contributed by atoms with E-state index in [9.17, 15) is 13.6 Å². The van der Waals surface area contributed by atoms with Crippen molar-refractivity contribution < 1.29 is 13.6 Å². The molecule has 1 N–H and O–H groups in total. The first kappa shape index (κ1) is 13.0. The Hall–Kier alpha value is -1.49. The van der Waals surface area contributed by atoms with Crippen molar-refractivity contribution in [2.24, 2.45) is 0 Å². The van der Waals surface area contributed by atoms with Gasteiger partial charge in [-0.15, -0.1) is 0 Å². The maximum atomic E-state index is 12.6. The van der Waals surface area contributed by atoms with E-state index in [0.717, 1.165) is 6.54 Å². The number of amides is 1. The molecule has 1 aliphatic rings. The van der Waals surface area contributed by atoms with Gasteiger partial charge in [-0.05, 0) is 19.1 Å². The molecule has 0 saturated carbocycles. The van der Waals surface area contributed by atoms with Crippen LogP contribution < -0.4 is 5.32 Å². The second kappa shape index (κ2) is 5.44. The van der Waals surface area contributed by atoms with Crippen LogP contribution in [0.15, 0.2) is 24.3 Å². The Balaban J connectivity index is 2.15. The van der Waals surface area contributed by atoms with Crippen molar-refractivity contribution in [3.8, 4) is 0 Å². The van der Waals surface area contributed by atoms with Gasteiger partial charge in [-0.3, -0.25) is 4.79 Å². The number of alkyl halides is 2. The summed E-state index contributed by atoms with van der Waals surface area (Å²) < 4.78 is 25.2. The van der Waals surface area contributed by atoms with Crippen LogP contribution in [0.2, 0.25) is 0 Å². The highest BCUT2D eigenvalue weighted by atomic mass is 19.3. The first-order chi connectivity index (χ1) is 8.58. The zero-order valence-electron chi connectivity index (χ0n) is 10.2. The van der Waals surface area contributed by atoms with Gasteiger partial charge in [0.25, 0.3) is 12.3 Å². The standard InChI is InChI=1S/C13H16F2N2O/c1-9-8-17(6-5-16-9)13(18)11-4-2-3-10(7-11)12(14)15/h2-4,7,9,12,16H,5-6,8H2,1H3/t9-/m1/s1. The average Bonchev–Trinajstić information content (AvgIpc) is 2.38. The van der Waals surface area contributed by atoms with Crippen molar-refractivity contribution >= 4 is 5.91 Å². The summed E-state index contributed by atoms with van der Waals surface area (Å²) >= 11 is 0. The largest absolute Gasteiger partial charge is 0.336 e. The van der Waals surface area contributed by atoms with Gasteiger partial charge in [0, 0.05) is 36.8 Å². The lowest BCUT2D eigenvalue weighted by Crippen LogP contribution is -2.51. The summed E-state index contributed by atoms with van der Waals surface area (Å²) in [6.07, 6.45) is -2.54. The number of carbonyl (C=O) groups is 1. The topological polar surface area (TPSA) is 32.3 Å². The quantitative estimate of drug-likeness (QED) is 0.876. The Bertz CT molecular complexity index is 437. The van der Waals surface area contributed by atoms with Crippen LogP contribution in [0.4, 0.5) is 8.78 Å². The number of piperazine rings is 1. The number of hydrogen-bond donors (Lipinski definition) is 1. The van der Waals surface area contributed by atoms with Gasteiger partial charge in [-0.2, -0.15) is 0 Å². The van der Waals surface area contributed by atoms with E-state index in [1.54, 1.807) is 11.0 Å². The van der Waals surface area contributed by atoms with Crippen LogP contribution in [0.5, 0.6) is 0 Å². The van der Waals surface area contributed by atoms with E-state index >= 15 is 0 Å². The summed E-state index contributed by atoms with van der Waals surface area (Å²) in [7, 11) is 0. The van der Waals surface area contributed by atoms with Gasteiger partial charge in [-0.25, -0.2) is 8.78 Å². The average molecular weight is 254 g/mol. The molecule has 1 fully saturated rings. The number of benzene rings is 1. The lowest BCUT2D eigenvalue weighted by Gasteiger charge is -2.32. The summed E-state index contributed by atoms with van der Waals surface area (Å²) in [5, 5.41) is 3.23. The number of carbonyl (C=O) groups excluding carboxylic acids is 1. The van der Waals surface area contributed by atoms with E-state index in [0.29, 0.717) is 18.7 Å². The normalized spacial score (nSPS) is 20.2. The number of nitrogens with zero attached hydrogens (tertiary/aromatic N) is 1. The molecule has 0 unspecified atom stereocenters. The van der Waals surface area contributed by atoms with Gasteiger partial charge in [-0.1, -0.05) is 12.1 Å². The Morgan fingerprint density at radius 1 is 1.50 bits per heavy atom. The molecular formula is C13H16F2N2O. The zero-order valence-corrected chi connectivity index (χ0v) is 10.2. The molecule has 1 heterocycles. The van der Waals surface area contributed by atoms with E-state index in [1.165, 1.54) is 18.2 Å².